The lowest BCUT2D eigenvalue weighted by Gasteiger charge is -2.39. The molecule has 1 saturated heterocycles. The van der Waals surface area contributed by atoms with Crippen molar-refractivity contribution in [2.45, 2.75) is 64.5 Å². The molecule has 2 rings (SSSR count). The van der Waals surface area contributed by atoms with Gasteiger partial charge in [0.05, 0.1) is 6.04 Å². The number of hydrogen-bond acceptors (Lipinski definition) is 3. The summed E-state index contributed by atoms with van der Waals surface area (Å²) in [6, 6.07) is 0.00778. The predicted molar refractivity (Wildman–Crippen MR) is 82.7 cm³/mol. The lowest BCUT2D eigenvalue weighted by molar-refractivity contribution is -0.136. The molecule has 1 aliphatic heterocycles. The minimum atomic E-state index is -0.00812. The molecule has 4 heteroatoms. The summed E-state index contributed by atoms with van der Waals surface area (Å²) < 4.78 is 0. The van der Waals surface area contributed by atoms with E-state index in [1.807, 2.05) is 0 Å². The maximum Gasteiger partial charge on any atom is 0.240 e. The Morgan fingerprint density at radius 3 is 2.30 bits per heavy atom. The number of amides is 1. The van der Waals surface area contributed by atoms with E-state index in [4.69, 9.17) is 0 Å². The molecular formula is C16H31N3O. The number of rotatable bonds is 3. The number of nitrogens with zero attached hydrogens (tertiary/aromatic N) is 1. The van der Waals surface area contributed by atoms with Crippen LogP contribution in [0.1, 0.15) is 52.9 Å². The van der Waals surface area contributed by atoms with Crippen molar-refractivity contribution in [1.82, 2.24) is 15.5 Å². The molecule has 0 aromatic rings. The van der Waals surface area contributed by atoms with Gasteiger partial charge in [-0.25, -0.2) is 0 Å². The Labute approximate surface area is 123 Å². The van der Waals surface area contributed by atoms with Gasteiger partial charge in [-0.05, 0) is 39.5 Å². The highest BCUT2D eigenvalue weighted by Gasteiger charge is 2.35. The Morgan fingerprint density at radius 2 is 1.75 bits per heavy atom. The zero-order valence-corrected chi connectivity index (χ0v) is 13.4. The van der Waals surface area contributed by atoms with Crippen LogP contribution in [0.5, 0.6) is 0 Å². The van der Waals surface area contributed by atoms with E-state index in [0.29, 0.717) is 11.8 Å². The number of hydrogen-bond donors (Lipinski definition) is 2. The molecule has 2 aliphatic rings. The third-order valence-electron chi connectivity index (χ3n) is 4.40. The molecule has 116 valence electrons. The fourth-order valence-corrected chi connectivity index (χ4v) is 3.40. The van der Waals surface area contributed by atoms with Crippen molar-refractivity contribution in [2.24, 2.45) is 5.92 Å². The fourth-order valence-electron chi connectivity index (χ4n) is 3.40. The second-order valence-corrected chi connectivity index (χ2v) is 7.35. The van der Waals surface area contributed by atoms with Crippen molar-refractivity contribution in [3.8, 4) is 0 Å². The summed E-state index contributed by atoms with van der Waals surface area (Å²) in [7, 11) is 0. The molecule has 0 unspecified atom stereocenters. The molecule has 1 heterocycles. The monoisotopic (exact) mass is 281 g/mol. The standard InChI is InChI=1S/C16H31N3O/c1-16(2,3)18-14(13-7-5-4-6-8-13)15(20)19-11-9-17-10-12-19/h13-14,17-18H,4-12H2,1-3H3/t14-/m0/s1. The van der Waals surface area contributed by atoms with Crippen LogP contribution in [0.2, 0.25) is 0 Å². The molecule has 1 saturated carbocycles. The topological polar surface area (TPSA) is 44.4 Å². The van der Waals surface area contributed by atoms with E-state index in [-0.39, 0.29) is 11.6 Å². The number of piperazine rings is 1. The van der Waals surface area contributed by atoms with Crippen molar-refractivity contribution in [1.29, 1.82) is 0 Å². The minimum Gasteiger partial charge on any atom is -0.339 e. The van der Waals surface area contributed by atoms with Crippen LogP contribution in [0, 0.1) is 5.92 Å². The lowest BCUT2D eigenvalue weighted by Crippen LogP contribution is -2.59. The highest BCUT2D eigenvalue weighted by atomic mass is 16.2. The zero-order valence-electron chi connectivity index (χ0n) is 13.4. The van der Waals surface area contributed by atoms with E-state index in [0.717, 1.165) is 26.2 Å². The van der Waals surface area contributed by atoms with E-state index in [1.165, 1.54) is 32.1 Å². The highest BCUT2D eigenvalue weighted by Crippen LogP contribution is 2.28. The molecule has 0 aromatic heterocycles. The molecule has 0 radical (unpaired) electrons. The van der Waals surface area contributed by atoms with Gasteiger partial charge in [0.2, 0.25) is 5.91 Å². The van der Waals surface area contributed by atoms with Crippen molar-refractivity contribution < 1.29 is 4.79 Å². The first-order valence-corrected chi connectivity index (χ1v) is 8.24. The van der Waals surface area contributed by atoms with Crippen LogP contribution in [0.25, 0.3) is 0 Å². The summed E-state index contributed by atoms with van der Waals surface area (Å²) in [5.74, 6) is 0.846. The summed E-state index contributed by atoms with van der Waals surface area (Å²) in [5, 5.41) is 6.93. The molecule has 2 N–H and O–H groups in total. The predicted octanol–water partition coefficient (Wildman–Crippen LogP) is 1.76. The summed E-state index contributed by atoms with van der Waals surface area (Å²) in [6.07, 6.45) is 6.29. The van der Waals surface area contributed by atoms with Crippen molar-refractivity contribution in [3.63, 3.8) is 0 Å². The third-order valence-corrected chi connectivity index (χ3v) is 4.40. The molecule has 0 spiro atoms. The van der Waals surface area contributed by atoms with Gasteiger partial charge in [0, 0.05) is 31.7 Å². The second-order valence-electron chi connectivity index (χ2n) is 7.35. The molecule has 1 amide bonds. The quantitative estimate of drug-likeness (QED) is 0.828. The van der Waals surface area contributed by atoms with Gasteiger partial charge >= 0.3 is 0 Å². The van der Waals surface area contributed by atoms with E-state index >= 15 is 0 Å². The molecule has 0 aromatic carbocycles. The normalized spacial score (nSPS) is 23.6. The van der Waals surface area contributed by atoms with Crippen LogP contribution in [0.3, 0.4) is 0 Å². The van der Waals surface area contributed by atoms with Crippen molar-refractivity contribution in [3.05, 3.63) is 0 Å². The van der Waals surface area contributed by atoms with E-state index < -0.39 is 0 Å². The van der Waals surface area contributed by atoms with Crippen LogP contribution in [0.15, 0.2) is 0 Å². The minimum absolute atomic E-state index is 0.00778. The summed E-state index contributed by atoms with van der Waals surface area (Å²) in [6.45, 7) is 10.1. The van der Waals surface area contributed by atoms with Crippen LogP contribution in [-0.4, -0.2) is 48.6 Å². The summed E-state index contributed by atoms with van der Waals surface area (Å²) >= 11 is 0. The highest BCUT2D eigenvalue weighted by molar-refractivity contribution is 5.82. The van der Waals surface area contributed by atoms with Crippen LogP contribution in [-0.2, 0) is 4.79 Å². The lowest BCUT2D eigenvalue weighted by atomic mass is 9.82. The van der Waals surface area contributed by atoms with Gasteiger partial charge in [-0.15, -0.1) is 0 Å². The maximum atomic E-state index is 12.9. The first-order chi connectivity index (χ1) is 9.47. The Morgan fingerprint density at radius 1 is 1.15 bits per heavy atom. The molecular weight excluding hydrogens is 250 g/mol. The van der Waals surface area contributed by atoms with Crippen LogP contribution < -0.4 is 10.6 Å². The molecule has 1 atom stereocenters. The summed E-state index contributed by atoms with van der Waals surface area (Å²) in [5.41, 5.74) is -0.00812. The Balaban J connectivity index is 2.05. The number of carbonyl (C=O) groups is 1. The van der Waals surface area contributed by atoms with E-state index in [1.54, 1.807) is 0 Å². The molecule has 2 fully saturated rings. The number of carbonyl (C=O) groups excluding carboxylic acids is 1. The maximum absolute atomic E-state index is 12.9. The molecule has 0 bridgehead atoms. The van der Waals surface area contributed by atoms with Gasteiger partial charge in [0.25, 0.3) is 0 Å². The number of nitrogens with one attached hydrogen (secondary N) is 2. The van der Waals surface area contributed by atoms with E-state index in [2.05, 4.69) is 36.3 Å². The average Bonchev–Trinajstić information content (AvgIpc) is 2.45. The molecule has 1 aliphatic carbocycles. The zero-order chi connectivity index (χ0) is 14.6. The van der Waals surface area contributed by atoms with Crippen molar-refractivity contribution >= 4 is 5.91 Å². The molecule has 20 heavy (non-hydrogen) atoms. The van der Waals surface area contributed by atoms with E-state index in [9.17, 15) is 4.79 Å². The summed E-state index contributed by atoms with van der Waals surface area (Å²) in [4.78, 5) is 15.0. The van der Waals surface area contributed by atoms with Gasteiger partial charge in [0.15, 0.2) is 0 Å². The third kappa shape index (κ3) is 4.45. The Hall–Kier alpha value is -0.610. The van der Waals surface area contributed by atoms with Gasteiger partial charge in [-0.2, -0.15) is 0 Å². The Bertz CT molecular complexity index is 312. The van der Waals surface area contributed by atoms with Crippen LogP contribution in [0.4, 0.5) is 0 Å². The largest absolute Gasteiger partial charge is 0.339 e. The SMILES string of the molecule is CC(C)(C)N[C@H](C(=O)N1CCNCC1)C1CCCCC1. The second kappa shape index (κ2) is 6.90. The van der Waals surface area contributed by atoms with Gasteiger partial charge in [0.1, 0.15) is 0 Å². The van der Waals surface area contributed by atoms with Gasteiger partial charge in [-0.3, -0.25) is 4.79 Å². The fraction of sp³-hybridized carbons (Fsp3) is 0.938. The van der Waals surface area contributed by atoms with Crippen LogP contribution >= 0.6 is 0 Å². The Kier molecular flexibility index (Phi) is 5.44. The first kappa shape index (κ1) is 15.8. The smallest absolute Gasteiger partial charge is 0.240 e. The average molecular weight is 281 g/mol. The van der Waals surface area contributed by atoms with Gasteiger partial charge in [-0.1, -0.05) is 19.3 Å². The van der Waals surface area contributed by atoms with Crippen molar-refractivity contribution in [2.75, 3.05) is 26.2 Å². The first-order valence-electron chi connectivity index (χ1n) is 8.24. The van der Waals surface area contributed by atoms with Gasteiger partial charge < -0.3 is 15.5 Å². The molecule has 4 nitrogen and oxygen atoms in total.